The normalized spacial score (nSPS) is 10.8. The molecule has 2 aromatic heterocycles. The molecule has 0 saturated heterocycles. The molecule has 0 radical (unpaired) electrons. The van der Waals surface area contributed by atoms with Crippen molar-refractivity contribution in [2.45, 2.75) is 40.2 Å². The smallest absolute Gasteiger partial charge is 0.330 e. The fraction of sp³-hybridized carbons (Fsp3) is 0.438. The van der Waals surface area contributed by atoms with Crippen molar-refractivity contribution < 1.29 is 4.79 Å². The van der Waals surface area contributed by atoms with Crippen LogP contribution in [0.15, 0.2) is 15.7 Å². The number of aryl methyl sites for hydroxylation is 2. The number of aromatic amines is 1. The Morgan fingerprint density at radius 3 is 2.58 bits per heavy atom. The van der Waals surface area contributed by atoms with Crippen LogP contribution in [0.4, 0.5) is 11.5 Å². The van der Waals surface area contributed by atoms with Crippen molar-refractivity contribution in [2.24, 2.45) is 0 Å². The average Bonchev–Trinajstić information content (AvgIpc) is 2.84. The van der Waals surface area contributed by atoms with Crippen molar-refractivity contribution >= 4 is 28.7 Å². The molecule has 0 unspecified atom stereocenters. The van der Waals surface area contributed by atoms with E-state index in [1.165, 1.54) is 27.9 Å². The maximum atomic E-state index is 12.7. The van der Waals surface area contributed by atoms with Gasteiger partial charge in [-0.15, -0.1) is 11.3 Å². The molecule has 1 amide bonds. The minimum absolute atomic E-state index is 0.000967. The molecule has 0 aliphatic heterocycles. The zero-order valence-corrected chi connectivity index (χ0v) is 15.1. The highest BCUT2D eigenvalue weighted by Crippen LogP contribution is 2.24. The predicted octanol–water partition coefficient (Wildman–Crippen LogP) is 1.87. The Hall–Kier alpha value is -2.35. The van der Waals surface area contributed by atoms with Gasteiger partial charge in [-0.1, -0.05) is 13.3 Å². The van der Waals surface area contributed by atoms with Crippen molar-refractivity contribution in [3.63, 3.8) is 0 Å². The van der Waals surface area contributed by atoms with Gasteiger partial charge in [0.05, 0.1) is 5.56 Å². The van der Waals surface area contributed by atoms with Gasteiger partial charge in [0.15, 0.2) is 5.69 Å². The number of aromatic nitrogens is 2. The van der Waals surface area contributed by atoms with Gasteiger partial charge >= 0.3 is 5.69 Å². The molecule has 0 saturated carbocycles. The monoisotopic (exact) mass is 350 g/mol. The number of hydrogen-bond donors (Lipinski definition) is 2. The summed E-state index contributed by atoms with van der Waals surface area (Å²) in [6.07, 6.45) is 1.62. The van der Waals surface area contributed by atoms with Gasteiger partial charge in [0, 0.05) is 23.3 Å². The first-order valence-electron chi connectivity index (χ1n) is 7.75. The van der Waals surface area contributed by atoms with Crippen LogP contribution in [0.25, 0.3) is 0 Å². The molecule has 0 aliphatic carbocycles. The summed E-state index contributed by atoms with van der Waals surface area (Å²) in [6.45, 7) is 6.16. The van der Waals surface area contributed by atoms with Crippen molar-refractivity contribution in [3.8, 4) is 0 Å². The van der Waals surface area contributed by atoms with Gasteiger partial charge in [0.25, 0.3) is 11.5 Å². The van der Waals surface area contributed by atoms with E-state index < -0.39 is 11.2 Å². The quantitative estimate of drug-likeness (QED) is 0.859. The number of carbonyl (C=O) groups excluding carboxylic acids is 1. The van der Waals surface area contributed by atoms with Crippen molar-refractivity contribution in [1.82, 2.24) is 9.55 Å². The number of nitrogens with zero attached hydrogens (tertiary/aromatic N) is 2. The zero-order chi connectivity index (χ0) is 18.0. The molecule has 2 aromatic rings. The summed E-state index contributed by atoms with van der Waals surface area (Å²) in [4.78, 5) is 42.3. The molecule has 0 aromatic carbocycles. The molecule has 0 bridgehead atoms. The molecule has 2 heterocycles. The third kappa shape index (κ3) is 3.28. The number of amides is 1. The second-order valence-corrected chi connectivity index (χ2v) is 7.15. The van der Waals surface area contributed by atoms with Gasteiger partial charge in [-0.3, -0.25) is 19.1 Å². The Balaban J connectivity index is 2.51. The first kappa shape index (κ1) is 18.0. The van der Waals surface area contributed by atoms with E-state index in [4.69, 9.17) is 5.73 Å². The lowest BCUT2D eigenvalue weighted by Crippen LogP contribution is -2.39. The largest absolute Gasteiger partial charge is 0.383 e. The molecule has 0 spiro atoms. The summed E-state index contributed by atoms with van der Waals surface area (Å²) in [7, 11) is 1.49. The molecule has 24 heavy (non-hydrogen) atoms. The third-order valence-electron chi connectivity index (χ3n) is 3.86. The van der Waals surface area contributed by atoms with Crippen LogP contribution < -0.4 is 21.9 Å². The average molecular weight is 350 g/mol. The van der Waals surface area contributed by atoms with Crippen LogP contribution in [0.3, 0.4) is 0 Å². The van der Waals surface area contributed by atoms with Crippen molar-refractivity contribution in [2.75, 3.05) is 17.7 Å². The molecular formula is C16H22N4O3S. The minimum atomic E-state index is -0.661. The van der Waals surface area contributed by atoms with Gasteiger partial charge in [-0.05, 0) is 26.3 Å². The second kappa shape index (κ2) is 7.04. The van der Waals surface area contributed by atoms with E-state index >= 15 is 0 Å². The van der Waals surface area contributed by atoms with E-state index in [2.05, 4.69) is 4.98 Å². The topological polar surface area (TPSA) is 101 Å². The number of nitrogen functional groups attached to an aromatic ring is 1. The maximum Gasteiger partial charge on any atom is 0.330 e. The van der Waals surface area contributed by atoms with Gasteiger partial charge in [-0.2, -0.15) is 0 Å². The van der Waals surface area contributed by atoms with Gasteiger partial charge in [-0.25, -0.2) is 4.79 Å². The Morgan fingerprint density at radius 1 is 1.38 bits per heavy atom. The summed E-state index contributed by atoms with van der Waals surface area (Å²) in [5.41, 5.74) is 5.35. The first-order valence-corrected chi connectivity index (χ1v) is 8.57. The van der Waals surface area contributed by atoms with Gasteiger partial charge in [0.1, 0.15) is 5.82 Å². The summed E-state index contributed by atoms with van der Waals surface area (Å²) < 4.78 is 1.30. The third-order valence-corrected chi connectivity index (χ3v) is 4.83. The fourth-order valence-electron chi connectivity index (χ4n) is 2.57. The highest BCUT2D eigenvalue weighted by atomic mass is 32.1. The van der Waals surface area contributed by atoms with E-state index in [-0.39, 0.29) is 17.4 Å². The van der Waals surface area contributed by atoms with E-state index in [1.54, 1.807) is 6.07 Å². The maximum absolute atomic E-state index is 12.7. The highest BCUT2D eigenvalue weighted by molar-refractivity contribution is 7.12. The number of nitrogens with two attached hydrogens (primary N) is 1. The Morgan fingerprint density at radius 2 is 2.04 bits per heavy atom. The zero-order valence-electron chi connectivity index (χ0n) is 14.3. The van der Waals surface area contributed by atoms with E-state index in [0.29, 0.717) is 12.1 Å². The second-order valence-electron chi connectivity index (χ2n) is 5.69. The molecule has 0 aliphatic rings. The van der Waals surface area contributed by atoms with Crippen LogP contribution in [0, 0.1) is 13.8 Å². The van der Waals surface area contributed by atoms with Crippen LogP contribution in [0.2, 0.25) is 0 Å². The number of H-pyrrole nitrogens is 1. The molecule has 130 valence electrons. The predicted molar refractivity (Wildman–Crippen MR) is 97.2 cm³/mol. The number of anilines is 2. The van der Waals surface area contributed by atoms with Crippen LogP contribution in [-0.2, 0) is 6.54 Å². The van der Waals surface area contributed by atoms with Crippen molar-refractivity contribution in [3.05, 3.63) is 42.2 Å². The number of carbonyl (C=O) groups is 1. The number of rotatable bonds is 5. The molecular weight excluding hydrogens is 328 g/mol. The van der Waals surface area contributed by atoms with Gasteiger partial charge in [0.2, 0.25) is 0 Å². The number of thiophene rings is 1. The highest BCUT2D eigenvalue weighted by Gasteiger charge is 2.23. The molecule has 0 atom stereocenters. The van der Waals surface area contributed by atoms with Crippen LogP contribution in [0.1, 0.15) is 39.9 Å². The van der Waals surface area contributed by atoms with Gasteiger partial charge < -0.3 is 10.6 Å². The Labute approximate surface area is 143 Å². The van der Waals surface area contributed by atoms with Crippen molar-refractivity contribution in [1.29, 1.82) is 0 Å². The summed E-state index contributed by atoms with van der Waals surface area (Å²) in [6, 6.07) is 1.79. The lowest BCUT2D eigenvalue weighted by molar-refractivity contribution is 0.0992. The SMILES string of the molecule is CCCCn1c(N)c(N(C)C(=O)c2cc(C)sc2C)c(=O)[nH]c1=O. The fourth-order valence-corrected chi connectivity index (χ4v) is 3.48. The summed E-state index contributed by atoms with van der Waals surface area (Å²) in [5, 5.41) is 0. The molecule has 8 heteroatoms. The first-order chi connectivity index (χ1) is 11.3. The minimum Gasteiger partial charge on any atom is -0.383 e. The lowest BCUT2D eigenvalue weighted by atomic mass is 10.2. The number of unbranched alkanes of at least 4 members (excludes halogenated alkanes) is 1. The standard InChI is InChI=1S/C16H22N4O3S/c1-5-6-7-20-13(17)12(14(21)18-16(20)23)19(4)15(22)11-8-9(2)24-10(11)3/h8H,5-7,17H2,1-4H3,(H,18,21,23). The van der Waals surface area contributed by atoms with Crippen LogP contribution in [-0.4, -0.2) is 22.5 Å². The summed E-state index contributed by atoms with van der Waals surface area (Å²) in [5.74, 6) is -0.313. The van der Waals surface area contributed by atoms with Crippen LogP contribution >= 0.6 is 11.3 Å². The molecule has 2 rings (SSSR count). The summed E-state index contributed by atoms with van der Waals surface area (Å²) >= 11 is 1.52. The molecule has 7 nitrogen and oxygen atoms in total. The number of hydrogen-bond acceptors (Lipinski definition) is 5. The molecule has 3 N–H and O–H groups in total. The van der Waals surface area contributed by atoms with E-state index in [0.717, 1.165) is 22.6 Å². The molecule has 0 fully saturated rings. The lowest BCUT2D eigenvalue weighted by Gasteiger charge is -2.20. The van der Waals surface area contributed by atoms with E-state index in [9.17, 15) is 14.4 Å². The van der Waals surface area contributed by atoms with E-state index in [1.807, 2.05) is 20.8 Å². The Bertz CT molecular complexity index is 878. The van der Waals surface area contributed by atoms with Crippen LogP contribution in [0.5, 0.6) is 0 Å². The Kier molecular flexibility index (Phi) is 5.28. The number of nitrogens with one attached hydrogen (secondary N) is 1.